The Bertz CT molecular complexity index is 896. The van der Waals surface area contributed by atoms with Crippen LogP contribution in [0.1, 0.15) is 41.2 Å². The summed E-state index contributed by atoms with van der Waals surface area (Å²) < 4.78 is 41.2. The van der Waals surface area contributed by atoms with E-state index in [1.807, 2.05) is 32.0 Å². The number of alkyl halides is 3. The highest BCUT2D eigenvalue weighted by molar-refractivity contribution is 7.09. The van der Waals surface area contributed by atoms with E-state index in [4.69, 9.17) is 0 Å². The zero-order valence-electron chi connectivity index (χ0n) is 17.9. The zero-order valence-corrected chi connectivity index (χ0v) is 18.7. The normalized spacial score (nSPS) is 17.4. The summed E-state index contributed by atoms with van der Waals surface area (Å²) in [6.07, 6.45) is -2.36. The van der Waals surface area contributed by atoms with Crippen LogP contribution in [0.5, 0.6) is 5.75 Å². The number of halogens is 3. The lowest BCUT2D eigenvalue weighted by Crippen LogP contribution is -2.42. The number of aromatic nitrogens is 1. The lowest BCUT2D eigenvalue weighted by Gasteiger charge is -2.29. The van der Waals surface area contributed by atoms with Crippen molar-refractivity contribution in [3.63, 3.8) is 0 Å². The smallest absolute Gasteiger partial charge is 0.395 e. The molecule has 31 heavy (non-hydrogen) atoms. The molecule has 0 spiro atoms. The molecule has 1 fully saturated rings. The van der Waals surface area contributed by atoms with E-state index in [0.717, 1.165) is 11.1 Å². The molecular formula is C22H28F3N3O2S. The fourth-order valence-corrected chi connectivity index (χ4v) is 4.86. The number of likely N-dealkylation sites (N-methyl/N-ethyl adjacent to an activating group) is 1. The van der Waals surface area contributed by atoms with E-state index in [1.165, 1.54) is 23.0 Å². The summed E-state index contributed by atoms with van der Waals surface area (Å²) in [4.78, 5) is 19.1. The molecule has 2 atom stereocenters. The maximum absolute atomic E-state index is 13.7. The Balaban J connectivity index is 1.66. The van der Waals surface area contributed by atoms with Gasteiger partial charge in [0, 0.05) is 36.0 Å². The lowest BCUT2D eigenvalue weighted by molar-refractivity contribution is -0.194. The first-order valence-corrected chi connectivity index (χ1v) is 11.1. The van der Waals surface area contributed by atoms with Gasteiger partial charge in [0.05, 0.1) is 10.9 Å². The monoisotopic (exact) mass is 455 g/mol. The van der Waals surface area contributed by atoms with Crippen molar-refractivity contribution in [1.29, 1.82) is 0 Å². The highest BCUT2D eigenvalue weighted by atomic mass is 32.1. The molecule has 0 bridgehead atoms. The summed E-state index contributed by atoms with van der Waals surface area (Å²) in [6, 6.07) is 5.13. The summed E-state index contributed by atoms with van der Waals surface area (Å²) in [6.45, 7) is 2.23. The minimum Gasteiger partial charge on any atom is -0.508 e. The lowest BCUT2D eigenvalue weighted by atomic mass is 9.84. The van der Waals surface area contributed by atoms with Crippen molar-refractivity contribution in [1.82, 2.24) is 15.2 Å². The summed E-state index contributed by atoms with van der Waals surface area (Å²) in [7, 11) is 3.80. The molecular weight excluding hydrogens is 427 g/mol. The van der Waals surface area contributed by atoms with Crippen LogP contribution in [-0.2, 0) is 11.2 Å². The molecule has 170 valence electrons. The maximum atomic E-state index is 13.7. The van der Waals surface area contributed by atoms with Crippen LogP contribution in [0.25, 0.3) is 0 Å². The van der Waals surface area contributed by atoms with Gasteiger partial charge in [0.2, 0.25) is 5.91 Å². The summed E-state index contributed by atoms with van der Waals surface area (Å²) >= 11 is 1.17. The van der Waals surface area contributed by atoms with E-state index in [0.29, 0.717) is 17.8 Å². The molecule has 1 heterocycles. The van der Waals surface area contributed by atoms with Crippen LogP contribution in [0.4, 0.5) is 13.2 Å². The molecule has 0 unspecified atom stereocenters. The Morgan fingerprint density at radius 1 is 1.35 bits per heavy atom. The summed E-state index contributed by atoms with van der Waals surface area (Å²) in [5, 5.41) is 12.4. The molecule has 1 saturated carbocycles. The third kappa shape index (κ3) is 5.38. The van der Waals surface area contributed by atoms with Crippen molar-refractivity contribution in [2.75, 3.05) is 20.6 Å². The van der Waals surface area contributed by atoms with Crippen LogP contribution in [0.2, 0.25) is 0 Å². The molecule has 1 amide bonds. The number of aromatic hydroxyl groups is 1. The number of rotatable bonds is 9. The second-order valence-corrected chi connectivity index (χ2v) is 9.47. The van der Waals surface area contributed by atoms with Crippen molar-refractivity contribution >= 4 is 17.2 Å². The predicted molar refractivity (Wildman–Crippen MR) is 114 cm³/mol. The number of phenols is 1. The van der Waals surface area contributed by atoms with E-state index in [1.54, 1.807) is 12.1 Å². The molecule has 5 nitrogen and oxygen atoms in total. The van der Waals surface area contributed by atoms with Gasteiger partial charge < -0.3 is 15.3 Å². The van der Waals surface area contributed by atoms with E-state index in [9.17, 15) is 23.1 Å². The Labute approximate surface area is 184 Å². The molecule has 1 aliphatic rings. The number of hydrogen-bond donors (Lipinski definition) is 2. The van der Waals surface area contributed by atoms with Gasteiger partial charge in [-0.2, -0.15) is 13.2 Å². The molecule has 2 N–H and O–H groups in total. The number of nitrogens with zero attached hydrogens (tertiary/aromatic N) is 2. The fourth-order valence-electron chi connectivity index (χ4n) is 4.02. The zero-order chi connectivity index (χ0) is 22.8. The molecule has 9 heteroatoms. The van der Waals surface area contributed by atoms with E-state index in [-0.39, 0.29) is 37.0 Å². The number of aryl methyl sites for hydroxylation is 1. The van der Waals surface area contributed by atoms with Gasteiger partial charge in [-0.3, -0.25) is 9.78 Å². The number of amides is 1. The Morgan fingerprint density at radius 3 is 2.58 bits per heavy atom. The van der Waals surface area contributed by atoms with Crippen molar-refractivity contribution in [3.05, 3.63) is 45.9 Å². The van der Waals surface area contributed by atoms with Crippen LogP contribution in [-0.4, -0.2) is 53.8 Å². The van der Waals surface area contributed by atoms with Crippen molar-refractivity contribution < 1.29 is 23.1 Å². The second kappa shape index (κ2) is 9.16. The average molecular weight is 456 g/mol. The molecule has 0 saturated heterocycles. The molecule has 3 rings (SSSR count). The first-order chi connectivity index (χ1) is 14.5. The van der Waals surface area contributed by atoms with Crippen LogP contribution in [0.15, 0.2) is 29.9 Å². The number of benzene rings is 1. The summed E-state index contributed by atoms with van der Waals surface area (Å²) in [5.41, 5.74) is 1.68. The van der Waals surface area contributed by atoms with Gasteiger partial charge >= 0.3 is 6.18 Å². The molecule has 0 radical (unpaired) electrons. The standard InChI is InChI=1S/C22H28F3N3O2S/c1-14-8-17(29)5-4-15(14)9-16(28(2)3)11-27-20(30)10-18(19-12-26-13-31-19)21(6-7-21)22(23,24)25/h4-5,8,12-13,16,18,29H,6-7,9-11H2,1-3H3,(H,27,30)/t16-,18+/m0/s1. The largest absolute Gasteiger partial charge is 0.508 e. The SMILES string of the molecule is Cc1cc(O)ccc1C[C@@H](CNC(=O)C[C@H](c1cncs1)C1(C(F)(F)F)CC1)N(C)C. The average Bonchev–Trinajstić information content (AvgIpc) is 3.32. The second-order valence-electron chi connectivity index (χ2n) is 8.55. The number of phenolic OH excluding ortho intramolecular Hbond substituents is 1. The number of nitrogens with one attached hydrogen (secondary N) is 1. The third-order valence-electron chi connectivity index (χ3n) is 6.25. The van der Waals surface area contributed by atoms with Crippen molar-refractivity contribution in [2.24, 2.45) is 5.41 Å². The predicted octanol–water partition coefficient (Wildman–Crippen LogP) is 4.26. The Kier molecular flexibility index (Phi) is 6.95. The topological polar surface area (TPSA) is 65.5 Å². The van der Waals surface area contributed by atoms with Gasteiger partial charge in [-0.15, -0.1) is 11.3 Å². The quantitative estimate of drug-likeness (QED) is 0.593. The molecule has 1 aromatic heterocycles. The molecule has 1 aromatic carbocycles. The van der Waals surface area contributed by atoms with E-state index in [2.05, 4.69) is 10.3 Å². The summed E-state index contributed by atoms with van der Waals surface area (Å²) in [5.74, 6) is -1.09. The van der Waals surface area contributed by atoms with Gasteiger partial charge in [-0.1, -0.05) is 6.07 Å². The molecule has 2 aromatic rings. The Morgan fingerprint density at radius 2 is 2.06 bits per heavy atom. The van der Waals surface area contributed by atoms with Crippen LogP contribution in [0.3, 0.4) is 0 Å². The Hall–Kier alpha value is -2.13. The number of hydrogen-bond acceptors (Lipinski definition) is 5. The van der Waals surface area contributed by atoms with Gasteiger partial charge in [0.1, 0.15) is 5.75 Å². The fraction of sp³-hybridized carbons (Fsp3) is 0.545. The number of carbonyl (C=O) groups is 1. The van der Waals surface area contributed by atoms with Crippen molar-refractivity contribution in [3.8, 4) is 5.75 Å². The van der Waals surface area contributed by atoms with Gasteiger partial charge in [-0.25, -0.2) is 0 Å². The highest BCUT2D eigenvalue weighted by Crippen LogP contribution is 2.66. The third-order valence-corrected chi connectivity index (χ3v) is 7.14. The van der Waals surface area contributed by atoms with Gasteiger partial charge in [0.15, 0.2) is 0 Å². The minimum atomic E-state index is -4.34. The van der Waals surface area contributed by atoms with E-state index < -0.39 is 17.5 Å². The first kappa shape index (κ1) is 23.5. The molecule has 0 aliphatic heterocycles. The minimum absolute atomic E-state index is 0.0356. The van der Waals surface area contributed by atoms with Crippen LogP contribution < -0.4 is 5.32 Å². The number of thiazole rings is 1. The van der Waals surface area contributed by atoms with Crippen LogP contribution >= 0.6 is 11.3 Å². The van der Waals surface area contributed by atoms with Crippen molar-refractivity contribution in [2.45, 2.75) is 50.7 Å². The highest BCUT2D eigenvalue weighted by Gasteiger charge is 2.67. The number of carbonyl (C=O) groups excluding carboxylic acids is 1. The maximum Gasteiger partial charge on any atom is 0.395 e. The van der Waals surface area contributed by atoms with Crippen LogP contribution in [0, 0.1) is 12.3 Å². The van der Waals surface area contributed by atoms with Gasteiger partial charge in [-0.05, 0) is 63.5 Å². The molecule has 1 aliphatic carbocycles. The first-order valence-electron chi connectivity index (χ1n) is 10.2. The van der Waals surface area contributed by atoms with Gasteiger partial charge in [0.25, 0.3) is 0 Å². The van der Waals surface area contributed by atoms with E-state index >= 15 is 0 Å².